The van der Waals surface area contributed by atoms with Crippen molar-refractivity contribution in [2.75, 3.05) is 24.9 Å². The van der Waals surface area contributed by atoms with Crippen LogP contribution in [0.5, 0.6) is 17.5 Å². The molecule has 0 saturated carbocycles. The summed E-state index contributed by atoms with van der Waals surface area (Å²) in [5.74, 6) is -2.40. The highest BCUT2D eigenvalue weighted by molar-refractivity contribution is 7.91. The molecule has 1 N–H and O–H groups in total. The van der Waals surface area contributed by atoms with Crippen molar-refractivity contribution >= 4 is 31.3 Å². The maximum atomic E-state index is 13.5. The van der Waals surface area contributed by atoms with E-state index in [-0.39, 0.29) is 27.2 Å². The summed E-state index contributed by atoms with van der Waals surface area (Å²) in [4.78, 5) is 16.8. The Morgan fingerprint density at radius 2 is 1.65 bits per heavy atom. The van der Waals surface area contributed by atoms with Gasteiger partial charge >= 0.3 is 6.18 Å². The number of hydrogen-bond donors (Lipinski definition) is 1. The zero-order valence-corrected chi connectivity index (χ0v) is 21.2. The Balaban J connectivity index is 2.11. The molecule has 0 fully saturated rings. The van der Waals surface area contributed by atoms with E-state index < -0.39 is 54.5 Å². The molecule has 198 valence electrons. The lowest BCUT2D eigenvalue weighted by molar-refractivity contribution is -0.142. The van der Waals surface area contributed by atoms with Crippen LogP contribution in [0.25, 0.3) is 0 Å². The maximum absolute atomic E-state index is 13.5. The Morgan fingerprint density at radius 3 is 2.22 bits per heavy atom. The molecule has 0 saturated heterocycles. The van der Waals surface area contributed by atoms with Gasteiger partial charge in [-0.2, -0.15) is 18.2 Å². The highest BCUT2D eigenvalue weighted by atomic mass is 32.2. The summed E-state index contributed by atoms with van der Waals surface area (Å²) in [5, 5.41) is 8.52. The molecule has 16 heteroatoms. The lowest BCUT2D eigenvalue weighted by Crippen LogP contribution is -2.21. The van der Waals surface area contributed by atoms with E-state index in [2.05, 4.69) is 20.5 Å². The second kappa shape index (κ2) is 9.93. The summed E-state index contributed by atoms with van der Waals surface area (Å²) in [5.41, 5.74) is -2.77. The average molecular weight is 561 g/mol. The number of ether oxygens (including phenoxy) is 2. The number of benzene rings is 1. The topological polar surface area (TPSA) is 155 Å². The van der Waals surface area contributed by atoms with E-state index in [4.69, 9.17) is 9.47 Å². The fraction of sp³-hybridized carbons (Fsp3) is 0.238. The Hall–Kier alpha value is -3.79. The molecule has 0 aliphatic heterocycles. The molecule has 0 aliphatic carbocycles. The molecule has 0 bridgehead atoms. The van der Waals surface area contributed by atoms with Crippen molar-refractivity contribution in [3.63, 3.8) is 0 Å². The van der Waals surface area contributed by atoms with Gasteiger partial charge in [-0.1, -0.05) is 6.07 Å². The first-order valence-corrected chi connectivity index (χ1v) is 13.8. The first-order chi connectivity index (χ1) is 17.0. The number of nitrogens with one attached hydrogen (secondary N) is 1. The van der Waals surface area contributed by atoms with Crippen LogP contribution in [0.15, 0.2) is 46.3 Å². The normalized spacial score (nSPS) is 12.2. The van der Waals surface area contributed by atoms with Crippen molar-refractivity contribution in [1.29, 1.82) is 0 Å². The number of aromatic nitrogens is 3. The number of amides is 1. The summed E-state index contributed by atoms with van der Waals surface area (Å²) in [6, 6.07) is 7.25. The molecule has 2 aromatic heterocycles. The molecule has 11 nitrogen and oxygen atoms in total. The molecule has 3 aromatic rings. The summed E-state index contributed by atoms with van der Waals surface area (Å²) < 4.78 is 98.2. The van der Waals surface area contributed by atoms with E-state index in [1.54, 1.807) is 0 Å². The molecular weight excluding hydrogens is 541 g/mol. The smallest absolute Gasteiger partial charge is 0.435 e. The molecule has 1 amide bonds. The average Bonchev–Trinajstić information content (AvgIpc) is 2.77. The number of alkyl halides is 3. The van der Waals surface area contributed by atoms with E-state index in [0.717, 1.165) is 44.7 Å². The number of sulfone groups is 2. The van der Waals surface area contributed by atoms with Crippen LogP contribution in [0.3, 0.4) is 0 Å². The van der Waals surface area contributed by atoms with Crippen LogP contribution in [0.2, 0.25) is 0 Å². The van der Waals surface area contributed by atoms with E-state index in [1.165, 1.54) is 18.2 Å². The zero-order chi connectivity index (χ0) is 27.8. The van der Waals surface area contributed by atoms with Crippen LogP contribution in [0, 0.1) is 6.92 Å². The highest BCUT2D eigenvalue weighted by Crippen LogP contribution is 2.37. The van der Waals surface area contributed by atoms with Gasteiger partial charge in [0, 0.05) is 18.2 Å². The molecular formula is C21H19F3N4O7S2. The molecule has 0 spiro atoms. The minimum atomic E-state index is -4.96. The molecule has 3 rings (SSSR count). The van der Waals surface area contributed by atoms with Crippen molar-refractivity contribution in [1.82, 2.24) is 15.2 Å². The molecule has 37 heavy (non-hydrogen) atoms. The number of carbonyl (C=O) groups is 1. The SMILES string of the molecule is COc1nc(S(C)(=O)=O)ccc1Oc1nnc(C(F)(F)F)c(C)c1C(=O)Nc1cccc(S(C)(=O)=O)c1. The van der Waals surface area contributed by atoms with Gasteiger partial charge in [-0.15, -0.1) is 10.2 Å². The summed E-state index contributed by atoms with van der Waals surface area (Å²) >= 11 is 0. The van der Waals surface area contributed by atoms with E-state index in [1.807, 2.05) is 0 Å². The van der Waals surface area contributed by atoms with Gasteiger partial charge in [-0.3, -0.25) is 4.79 Å². The third-order valence-corrected chi connectivity index (χ3v) is 6.88. The Kier molecular flexibility index (Phi) is 7.46. The van der Waals surface area contributed by atoms with E-state index >= 15 is 0 Å². The van der Waals surface area contributed by atoms with Gasteiger partial charge in [-0.05, 0) is 42.8 Å². The first kappa shape index (κ1) is 27.8. The number of rotatable bonds is 7. The third kappa shape index (κ3) is 6.32. The van der Waals surface area contributed by atoms with Gasteiger partial charge in [0.15, 0.2) is 36.1 Å². The van der Waals surface area contributed by atoms with Gasteiger partial charge in [0.05, 0.1) is 12.0 Å². The van der Waals surface area contributed by atoms with Crippen LogP contribution in [-0.4, -0.2) is 57.5 Å². The van der Waals surface area contributed by atoms with Gasteiger partial charge in [0.2, 0.25) is 0 Å². The van der Waals surface area contributed by atoms with Gasteiger partial charge in [0.1, 0.15) is 5.56 Å². The molecule has 0 aliphatic rings. The van der Waals surface area contributed by atoms with Gasteiger partial charge < -0.3 is 14.8 Å². The Bertz CT molecular complexity index is 1590. The number of anilines is 1. The van der Waals surface area contributed by atoms with Gasteiger partial charge in [-0.25, -0.2) is 16.8 Å². The number of methoxy groups -OCH3 is 1. The molecule has 1 aromatic carbocycles. The van der Waals surface area contributed by atoms with Crippen molar-refractivity contribution in [3.05, 3.63) is 53.2 Å². The second-order valence-electron chi connectivity index (χ2n) is 7.64. The summed E-state index contributed by atoms with van der Waals surface area (Å²) in [6.45, 7) is 0.981. The molecule has 0 radical (unpaired) electrons. The van der Waals surface area contributed by atoms with E-state index in [0.29, 0.717) is 0 Å². The first-order valence-electron chi connectivity index (χ1n) is 10.0. The fourth-order valence-electron chi connectivity index (χ4n) is 3.05. The third-order valence-electron chi connectivity index (χ3n) is 4.78. The number of nitrogens with zero attached hydrogens (tertiary/aromatic N) is 3. The molecule has 0 unspecified atom stereocenters. The fourth-order valence-corrected chi connectivity index (χ4v) is 4.28. The van der Waals surface area contributed by atoms with E-state index in [9.17, 15) is 34.8 Å². The number of halogens is 3. The van der Waals surface area contributed by atoms with Crippen LogP contribution in [0.4, 0.5) is 18.9 Å². The standard InChI is InChI=1S/C21H19F3N4O7S2/c1-11-16(18(29)25-12-6-5-7-13(10-12)36(3,30)31)20(28-27-17(11)21(22,23)24)35-14-8-9-15(37(4,32)33)26-19(14)34-2/h5-10H,1-4H3,(H,25,29). The predicted molar refractivity (Wildman–Crippen MR) is 123 cm³/mol. The summed E-state index contributed by atoms with van der Waals surface area (Å²) in [7, 11) is -6.23. The van der Waals surface area contributed by atoms with Crippen LogP contribution in [-0.2, 0) is 25.9 Å². The largest absolute Gasteiger partial charge is 0.478 e. The number of hydrogen-bond acceptors (Lipinski definition) is 10. The minimum Gasteiger partial charge on any atom is -0.478 e. The van der Waals surface area contributed by atoms with Gasteiger partial charge in [0.25, 0.3) is 17.7 Å². The van der Waals surface area contributed by atoms with Crippen LogP contribution < -0.4 is 14.8 Å². The summed E-state index contributed by atoms with van der Waals surface area (Å²) in [6.07, 6.45) is -3.11. The van der Waals surface area contributed by atoms with Crippen molar-refractivity contribution in [3.8, 4) is 17.5 Å². The maximum Gasteiger partial charge on any atom is 0.435 e. The van der Waals surface area contributed by atoms with Crippen molar-refractivity contribution in [2.24, 2.45) is 0 Å². The number of pyridine rings is 1. The quantitative estimate of drug-likeness (QED) is 0.456. The van der Waals surface area contributed by atoms with Crippen molar-refractivity contribution < 1.29 is 44.3 Å². The Morgan fingerprint density at radius 1 is 0.973 bits per heavy atom. The minimum absolute atomic E-state index is 0.0274. The lowest BCUT2D eigenvalue weighted by atomic mass is 10.1. The second-order valence-corrected chi connectivity index (χ2v) is 11.6. The molecule has 0 atom stereocenters. The predicted octanol–water partition coefficient (Wildman–Crippen LogP) is 3.06. The lowest BCUT2D eigenvalue weighted by Gasteiger charge is -2.17. The molecule has 2 heterocycles. The highest BCUT2D eigenvalue weighted by Gasteiger charge is 2.38. The van der Waals surface area contributed by atoms with Crippen molar-refractivity contribution in [2.45, 2.75) is 23.0 Å². The van der Waals surface area contributed by atoms with Crippen LogP contribution >= 0.6 is 0 Å². The monoisotopic (exact) mass is 560 g/mol. The number of carbonyl (C=O) groups excluding carboxylic acids is 1. The zero-order valence-electron chi connectivity index (χ0n) is 19.6. The van der Waals surface area contributed by atoms with Crippen LogP contribution in [0.1, 0.15) is 21.6 Å². The Labute approximate surface area is 209 Å².